The van der Waals surface area contributed by atoms with Crippen LogP contribution < -0.4 is 0 Å². The van der Waals surface area contributed by atoms with Crippen molar-refractivity contribution in [3.8, 4) is 0 Å². The number of nitrogens with zero attached hydrogens (tertiary/aromatic N) is 2. The second-order valence-corrected chi connectivity index (χ2v) is 6.57. The summed E-state index contributed by atoms with van der Waals surface area (Å²) < 4.78 is 14.2. The molecule has 16 heavy (non-hydrogen) atoms. The van der Waals surface area contributed by atoms with Crippen molar-refractivity contribution in [1.82, 2.24) is 14.8 Å². The van der Waals surface area contributed by atoms with Gasteiger partial charge in [-0.05, 0) is 25.1 Å². The Morgan fingerprint density at radius 1 is 1.50 bits per heavy atom. The van der Waals surface area contributed by atoms with E-state index in [1.54, 1.807) is 0 Å². The summed E-state index contributed by atoms with van der Waals surface area (Å²) in [6.07, 6.45) is 1.89. The van der Waals surface area contributed by atoms with Gasteiger partial charge in [0.25, 0.3) is 0 Å². The molecule has 2 rings (SSSR count). The number of hydrogen-bond donors (Lipinski definition) is 1. The fraction of sp³-hybridized carbons (Fsp3) is 0.800. The molecular weight excluding hydrogens is 242 g/mol. The molecule has 1 aromatic heterocycles. The van der Waals surface area contributed by atoms with Crippen LogP contribution in [0.2, 0.25) is 0 Å². The smallest absolute Gasteiger partial charge is 0.195 e. The molecular formula is C10H17N3OS2. The van der Waals surface area contributed by atoms with E-state index in [1.165, 1.54) is 0 Å². The Labute approximate surface area is 103 Å². The van der Waals surface area contributed by atoms with Crippen LogP contribution in [0.1, 0.15) is 44.5 Å². The summed E-state index contributed by atoms with van der Waals surface area (Å²) in [6.45, 7) is 4.23. The Bertz CT molecular complexity index is 439. The Kier molecular flexibility index (Phi) is 3.59. The van der Waals surface area contributed by atoms with Crippen LogP contribution in [0.5, 0.6) is 0 Å². The molecule has 0 radical (unpaired) electrons. The molecule has 1 aliphatic rings. The van der Waals surface area contributed by atoms with Gasteiger partial charge in [-0.25, -0.2) is 0 Å². The van der Waals surface area contributed by atoms with Crippen LogP contribution in [-0.4, -0.2) is 30.5 Å². The van der Waals surface area contributed by atoms with E-state index in [9.17, 15) is 4.21 Å². The molecule has 0 amide bonds. The first-order valence-electron chi connectivity index (χ1n) is 5.61. The van der Waals surface area contributed by atoms with Gasteiger partial charge in [-0.2, -0.15) is 5.10 Å². The zero-order valence-corrected chi connectivity index (χ0v) is 11.2. The van der Waals surface area contributed by atoms with Gasteiger partial charge in [-0.1, -0.05) is 13.8 Å². The Hall–Kier alpha value is -0.490. The van der Waals surface area contributed by atoms with Crippen LogP contribution in [-0.2, 0) is 10.8 Å². The third kappa shape index (κ3) is 2.27. The summed E-state index contributed by atoms with van der Waals surface area (Å²) >= 11 is 5.27. The second kappa shape index (κ2) is 4.79. The lowest BCUT2D eigenvalue weighted by molar-refractivity contribution is 0.435. The van der Waals surface area contributed by atoms with E-state index in [0.717, 1.165) is 30.2 Å². The van der Waals surface area contributed by atoms with Crippen LogP contribution in [0.3, 0.4) is 0 Å². The summed E-state index contributed by atoms with van der Waals surface area (Å²) in [5.74, 6) is 2.95. The number of nitrogens with one attached hydrogen (secondary N) is 1. The number of rotatable bonds is 2. The number of aromatic amines is 1. The number of H-pyrrole nitrogens is 1. The normalized spacial score (nSPS) is 26.2. The van der Waals surface area contributed by atoms with Crippen LogP contribution in [0.25, 0.3) is 0 Å². The molecule has 90 valence electrons. The monoisotopic (exact) mass is 259 g/mol. The van der Waals surface area contributed by atoms with Gasteiger partial charge >= 0.3 is 0 Å². The maximum absolute atomic E-state index is 11.3. The van der Waals surface area contributed by atoms with Crippen molar-refractivity contribution < 1.29 is 4.21 Å². The summed E-state index contributed by atoms with van der Waals surface area (Å²) in [7, 11) is -0.624. The van der Waals surface area contributed by atoms with Crippen molar-refractivity contribution in [3.05, 3.63) is 10.6 Å². The lowest BCUT2D eigenvalue weighted by Crippen LogP contribution is -2.23. The fourth-order valence-electron chi connectivity index (χ4n) is 2.12. The van der Waals surface area contributed by atoms with Gasteiger partial charge in [-0.15, -0.1) is 0 Å². The Morgan fingerprint density at radius 2 is 2.12 bits per heavy atom. The maximum atomic E-state index is 11.3. The topological polar surface area (TPSA) is 50.7 Å². The zero-order chi connectivity index (χ0) is 11.7. The van der Waals surface area contributed by atoms with Crippen LogP contribution in [0, 0.1) is 4.77 Å². The summed E-state index contributed by atoms with van der Waals surface area (Å²) in [4.78, 5) is 0. The van der Waals surface area contributed by atoms with Gasteiger partial charge < -0.3 is 4.57 Å². The zero-order valence-electron chi connectivity index (χ0n) is 9.60. The molecule has 4 nitrogen and oxygen atoms in total. The molecule has 0 bridgehead atoms. The van der Waals surface area contributed by atoms with Crippen LogP contribution in [0.4, 0.5) is 0 Å². The molecule has 1 fully saturated rings. The largest absolute Gasteiger partial charge is 0.301 e. The van der Waals surface area contributed by atoms with Crippen molar-refractivity contribution in [2.24, 2.45) is 0 Å². The lowest BCUT2D eigenvalue weighted by atomic mass is 10.1. The lowest BCUT2D eigenvalue weighted by Gasteiger charge is -2.24. The number of aromatic nitrogens is 3. The fourth-order valence-corrected chi connectivity index (χ4v) is 3.68. The van der Waals surface area contributed by atoms with Crippen LogP contribution >= 0.6 is 12.2 Å². The van der Waals surface area contributed by atoms with E-state index in [0.29, 0.717) is 16.7 Å². The van der Waals surface area contributed by atoms with Crippen molar-refractivity contribution in [2.45, 2.75) is 38.6 Å². The van der Waals surface area contributed by atoms with E-state index < -0.39 is 10.8 Å². The van der Waals surface area contributed by atoms with E-state index in [-0.39, 0.29) is 0 Å². The van der Waals surface area contributed by atoms with Crippen molar-refractivity contribution >= 4 is 23.0 Å². The quantitative estimate of drug-likeness (QED) is 0.828. The SMILES string of the molecule is CC(C)c1n[nH]c(=S)n1C1CCS(=O)CC1. The average Bonchev–Trinajstić information content (AvgIpc) is 2.62. The summed E-state index contributed by atoms with van der Waals surface area (Å²) in [5, 5.41) is 7.15. The molecule has 1 N–H and O–H groups in total. The molecule has 1 aromatic rings. The third-order valence-corrected chi connectivity index (χ3v) is 4.64. The van der Waals surface area contributed by atoms with Gasteiger partial charge in [-0.3, -0.25) is 9.31 Å². The van der Waals surface area contributed by atoms with E-state index in [2.05, 4.69) is 28.6 Å². The Morgan fingerprint density at radius 3 is 2.69 bits per heavy atom. The minimum Gasteiger partial charge on any atom is -0.301 e. The molecule has 0 aromatic carbocycles. The molecule has 0 saturated carbocycles. The van der Waals surface area contributed by atoms with Crippen molar-refractivity contribution in [2.75, 3.05) is 11.5 Å². The second-order valence-electron chi connectivity index (χ2n) is 4.49. The molecule has 0 atom stereocenters. The van der Waals surface area contributed by atoms with Gasteiger partial charge in [0, 0.05) is 34.3 Å². The molecule has 0 aliphatic carbocycles. The number of hydrogen-bond acceptors (Lipinski definition) is 3. The summed E-state index contributed by atoms with van der Waals surface area (Å²) in [6, 6.07) is 0.376. The van der Waals surface area contributed by atoms with Gasteiger partial charge in [0.1, 0.15) is 5.82 Å². The van der Waals surface area contributed by atoms with E-state index in [1.807, 2.05) is 0 Å². The highest BCUT2D eigenvalue weighted by Gasteiger charge is 2.23. The first-order chi connectivity index (χ1) is 7.59. The highest BCUT2D eigenvalue weighted by Crippen LogP contribution is 2.26. The van der Waals surface area contributed by atoms with E-state index >= 15 is 0 Å². The predicted octanol–water partition coefficient (Wildman–Crippen LogP) is 2.15. The van der Waals surface area contributed by atoms with Gasteiger partial charge in [0.2, 0.25) is 0 Å². The van der Waals surface area contributed by atoms with E-state index in [4.69, 9.17) is 12.2 Å². The predicted molar refractivity (Wildman–Crippen MR) is 67.6 cm³/mol. The Balaban J connectivity index is 2.29. The highest BCUT2D eigenvalue weighted by molar-refractivity contribution is 7.85. The van der Waals surface area contributed by atoms with Crippen LogP contribution in [0.15, 0.2) is 0 Å². The molecule has 0 spiro atoms. The first kappa shape index (κ1) is 12.0. The molecule has 2 heterocycles. The molecule has 1 saturated heterocycles. The van der Waals surface area contributed by atoms with Crippen molar-refractivity contribution in [3.63, 3.8) is 0 Å². The average molecular weight is 259 g/mol. The van der Waals surface area contributed by atoms with Crippen molar-refractivity contribution in [1.29, 1.82) is 0 Å². The third-order valence-electron chi connectivity index (χ3n) is 2.97. The molecule has 1 aliphatic heterocycles. The first-order valence-corrected chi connectivity index (χ1v) is 7.51. The van der Waals surface area contributed by atoms with Gasteiger partial charge in [0.15, 0.2) is 4.77 Å². The minimum absolute atomic E-state index is 0.361. The van der Waals surface area contributed by atoms with Gasteiger partial charge in [0.05, 0.1) is 0 Å². The highest BCUT2D eigenvalue weighted by atomic mass is 32.2. The maximum Gasteiger partial charge on any atom is 0.195 e. The summed E-state index contributed by atoms with van der Waals surface area (Å²) in [5.41, 5.74) is 0. The standard InChI is InChI=1S/C10H17N3OS2/c1-7(2)9-11-12-10(15)13(9)8-3-5-16(14)6-4-8/h7-8H,3-6H2,1-2H3,(H,12,15). The molecule has 0 unspecified atom stereocenters. The molecule has 6 heteroatoms. The minimum atomic E-state index is -0.624.